The van der Waals surface area contributed by atoms with Crippen LogP contribution in [0.2, 0.25) is 0 Å². The summed E-state index contributed by atoms with van der Waals surface area (Å²) in [6, 6.07) is 1.96. The summed E-state index contributed by atoms with van der Waals surface area (Å²) in [7, 11) is 0. The van der Waals surface area contributed by atoms with Gasteiger partial charge in [-0.3, -0.25) is 4.79 Å². The largest absolute Gasteiger partial charge is 0.378 e. The average Bonchev–Trinajstić information content (AvgIpc) is 2.90. The number of amides is 1. The quantitative estimate of drug-likeness (QED) is 0.921. The molecule has 5 nitrogen and oxygen atoms in total. The fraction of sp³-hybridized carbons (Fsp3) is 0.737. The molecule has 1 aromatic heterocycles. The van der Waals surface area contributed by atoms with Crippen molar-refractivity contribution in [1.29, 1.82) is 0 Å². The van der Waals surface area contributed by atoms with E-state index in [1.165, 1.54) is 0 Å². The van der Waals surface area contributed by atoms with E-state index in [0.717, 1.165) is 55.9 Å². The molecule has 3 rings (SSSR count). The summed E-state index contributed by atoms with van der Waals surface area (Å²) in [4.78, 5) is 18.3. The van der Waals surface area contributed by atoms with Crippen LogP contribution >= 0.6 is 0 Å². The summed E-state index contributed by atoms with van der Waals surface area (Å²) in [6.45, 7) is 11.1. The molecule has 0 aromatic carbocycles. The lowest BCUT2D eigenvalue weighted by Crippen LogP contribution is -2.58. The van der Waals surface area contributed by atoms with Gasteiger partial charge in [0.1, 0.15) is 0 Å². The van der Waals surface area contributed by atoms with Crippen LogP contribution in [0.4, 0.5) is 0 Å². The highest BCUT2D eigenvalue weighted by molar-refractivity contribution is 5.95. The second kappa shape index (κ2) is 6.89. The van der Waals surface area contributed by atoms with Crippen LogP contribution in [0.5, 0.6) is 0 Å². The molecule has 2 aliphatic heterocycles. The van der Waals surface area contributed by atoms with Gasteiger partial charge in [0.15, 0.2) is 0 Å². The molecule has 1 aromatic rings. The molecular formula is C19H30N2O3. The highest BCUT2D eigenvalue weighted by Crippen LogP contribution is 2.41. The Morgan fingerprint density at radius 1 is 1.50 bits per heavy atom. The minimum Gasteiger partial charge on any atom is -0.378 e. The summed E-state index contributed by atoms with van der Waals surface area (Å²) in [5.41, 5.74) is 2.72. The minimum atomic E-state index is -0.0598. The van der Waals surface area contributed by atoms with Gasteiger partial charge in [-0.25, -0.2) is 0 Å². The van der Waals surface area contributed by atoms with Crippen molar-refractivity contribution >= 4 is 5.91 Å². The van der Waals surface area contributed by atoms with Crippen molar-refractivity contribution in [3.63, 3.8) is 0 Å². The van der Waals surface area contributed by atoms with Gasteiger partial charge in [-0.1, -0.05) is 0 Å². The number of fused-ring (bicyclic) bond motifs is 1. The second-order valence-corrected chi connectivity index (χ2v) is 7.69. The van der Waals surface area contributed by atoms with Gasteiger partial charge >= 0.3 is 0 Å². The Labute approximate surface area is 144 Å². The number of aromatic nitrogens is 1. The van der Waals surface area contributed by atoms with E-state index in [-0.39, 0.29) is 23.5 Å². The molecule has 2 atom stereocenters. The van der Waals surface area contributed by atoms with Crippen LogP contribution in [0, 0.1) is 19.3 Å². The maximum absolute atomic E-state index is 13.0. The molecular weight excluding hydrogens is 304 g/mol. The van der Waals surface area contributed by atoms with Crippen molar-refractivity contribution in [2.45, 2.75) is 59.2 Å². The van der Waals surface area contributed by atoms with Crippen molar-refractivity contribution in [3.8, 4) is 0 Å². The smallest absolute Gasteiger partial charge is 0.255 e. The number of likely N-dealkylation sites (tertiary alicyclic amines) is 1. The molecule has 134 valence electrons. The molecule has 24 heavy (non-hydrogen) atoms. The number of hydrogen-bond acceptors (Lipinski definition) is 3. The topological polar surface area (TPSA) is 54.6 Å². The van der Waals surface area contributed by atoms with Gasteiger partial charge < -0.3 is 19.4 Å². The van der Waals surface area contributed by atoms with Crippen molar-refractivity contribution in [1.82, 2.24) is 9.88 Å². The summed E-state index contributed by atoms with van der Waals surface area (Å²) < 4.78 is 12.0. The number of piperidine rings is 1. The van der Waals surface area contributed by atoms with E-state index in [1.807, 2.05) is 24.8 Å². The zero-order valence-electron chi connectivity index (χ0n) is 15.4. The van der Waals surface area contributed by atoms with Crippen molar-refractivity contribution in [2.75, 3.05) is 26.3 Å². The van der Waals surface area contributed by atoms with E-state index in [1.54, 1.807) is 0 Å². The van der Waals surface area contributed by atoms with Gasteiger partial charge in [0.05, 0.1) is 24.4 Å². The summed E-state index contributed by atoms with van der Waals surface area (Å²) >= 11 is 0. The Morgan fingerprint density at radius 3 is 2.96 bits per heavy atom. The number of ether oxygens (including phenoxy) is 2. The van der Waals surface area contributed by atoms with Gasteiger partial charge in [-0.15, -0.1) is 0 Å². The van der Waals surface area contributed by atoms with Gasteiger partial charge in [0.2, 0.25) is 0 Å². The monoisotopic (exact) mass is 334 g/mol. The minimum absolute atomic E-state index is 0.0598. The first-order valence-electron chi connectivity index (χ1n) is 9.10. The maximum Gasteiger partial charge on any atom is 0.255 e. The number of aromatic amines is 1. The molecule has 2 fully saturated rings. The van der Waals surface area contributed by atoms with Crippen LogP contribution in [0.1, 0.15) is 54.9 Å². The van der Waals surface area contributed by atoms with E-state index in [9.17, 15) is 4.79 Å². The van der Waals surface area contributed by atoms with Crippen LogP contribution in [0.25, 0.3) is 0 Å². The molecule has 5 heteroatoms. The second-order valence-electron chi connectivity index (χ2n) is 7.69. The lowest BCUT2D eigenvalue weighted by molar-refractivity contribution is -0.152. The normalized spacial score (nSPS) is 27.4. The molecule has 1 amide bonds. The van der Waals surface area contributed by atoms with E-state index in [4.69, 9.17) is 9.47 Å². The van der Waals surface area contributed by atoms with Crippen LogP contribution in [-0.4, -0.2) is 54.3 Å². The Kier molecular flexibility index (Phi) is 5.02. The number of carbonyl (C=O) groups excluding carboxylic acids is 1. The summed E-state index contributed by atoms with van der Waals surface area (Å²) in [6.07, 6.45) is 3.42. The molecule has 2 saturated heterocycles. The Balaban J connectivity index is 1.79. The number of nitrogens with one attached hydrogen (secondary N) is 1. The molecule has 0 bridgehead atoms. The molecule has 0 saturated carbocycles. The summed E-state index contributed by atoms with van der Waals surface area (Å²) in [5, 5.41) is 0. The first-order chi connectivity index (χ1) is 11.4. The number of carbonyl (C=O) groups is 1. The zero-order chi connectivity index (χ0) is 17.3. The molecule has 2 aliphatic rings. The molecule has 0 spiro atoms. The lowest BCUT2D eigenvalue weighted by Gasteiger charge is -2.50. The van der Waals surface area contributed by atoms with E-state index in [0.29, 0.717) is 6.61 Å². The van der Waals surface area contributed by atoms with Crippen LogP contribution in [0.3, 0.4) is 0 Å². The van der Waals surface area contributed by atoms with E-state index in [2.05, 4.69) is 18.8 Å². The van der Waals surface area contributed by atoms with Gasteiger partial charge in [-0.2, -0.15) is 0 Å². The predicted molar refractivity (Wildman–Crippen MR) is 93.3 cm³/mol. The Morgan fingerprint density at radius 2 is 2.29 bits per heavy atom. The van der Waals surface area contributed by atoms with E-state index < -0.39 is 0 Å². The third-order valence-electron chi connectivity index (χ3n) is 5.36. The Bertz CT molecular complexity index is 595. The summed E-state index contributed by atoms with van der Waals surface area (Å²) in [5.74, 6) is 0.129. The number of rotatable bonds is 4. The SMILES string of the molecule is Cc1cc(C(=O)N2CC[C@H]3OCCC[C@@]3(COC(C)C)C2)c(C)[nH]1. The van der Waals surface area contributed by atoms with Crippen molar-refractivity contribution in [3.05, 3.63) is 23.0 Å². The fourth-order valence-electron chi connectivity index (χ4n) is 4.12. The highest BCUT2D eigenvalue weighted by Gasteiger charge is 2.47. The first-order valence-corrected chi connectivity index (χ1v) is 9.10. The van der Waals surface area contributed by atoms with Gasteiger partial charge in [0.25, 0.3) is 5.91 Å². The molecule has 3 heterocycles. The third-order valence-corrected chi connectivity index (χ3v) is 5.36. The standard InChI is InChI=1S/C19H30N2O3/c1-13(2)24-12-19-7-5-9-23-17(19)6-8-21(11-19)18(22)16-10-14(3)20-15(16)4/h10,13,17,20H,5-9,11-12H2,1-4H3/t17-,19+/m1/s1. The fourth-order valence-corrected chi connectivity index (χ4v) is 4.12. The van der Waals surface area contributed by atoms with Crippen LogP contribution in [-0.2, 0) is 9.47 Å². The highest BCUT2D eigenvalue weighted by atomic mass is 16.5. The third kappa shape index (κ3) is 3.38. The number of H-pyrrole nitrogens is 1. The predicted octanol–water partition coefficient (Wildman–Crippen LogP) is 3.07. The van der Waals surface area contributed by atoms with Crippen LogP contribution in [0.15, 0.2) is 6.07 Å². The molecule has 0 radical (unpaired) electrons. The van der Waals surface area contributed by atoms with Crippen molar-refractivity contribution in [2.24, 2.45) is 5.41 Å². The maximum atomic E-state index is 13.0. The van der Waals surface area contributed by atoms with E-state index >= 15 is 0 Å². The number of nitrogens with zero attached hydrogens (tertiary/aromatic N) is 1. The molecule has 1 N–H and O–H groups in total. The Hall–Kier alpha value is -1.33. The first kappa shape index (κ1) is 17.5. The zero-order valence-corrected chi connectivity index (χ0v) is 15.4. The van der Waals surface area contributed by atoms with Gasteiger partial charge in [-0.05, 0) is 53.0 Å². The number of aryl methyl sites for hydroxylation is 2. The average molecular weight is 334 g/mol. The molecule has 0 aliphatic carbocycles. The van der Waals surface area contributed by atoms with Gasteiger partial charge in [0, 0.05) is 36.5 Å². The van der Waals surface area contributed by atoms with Crippen LogP contribution < -0.4 is 0 Å². The number of hydrogen-bond donors (Lipinski definition) is 1. The lowest BCUT2D eigenvalue weighted by atomic mass is 9.73. The van der Waals surface area contributed by atoms with Crippen molar-refractivity contribution < 1.29 is 14.3 Å². The molecule has 0 unspecified atom stereocenters.